The fourth-order valence-electron chi connectivity index (χ4n) is 3.22. The number of nitrogens with one attached hydrogen (secondary N) is 1. The van der Waals surface area contributed by atoms with E-state index in [9.17, 15) is 14.7 Å². The van der Waals surface area contributed by atoms with E-state index >= 15 is 0 Å². The van der Waals surface area contributed by atoms with Crippen molar-refractivity contribution in [1.82, 2.24) is 5.32 Å². The van der Waals surface area contributed by atoms with E-state index in [1.54, 1.807) is 24.3 Å². The lowest BCUT2D eigenvalue weighted by Crippen LogP contribution is -2.39. The average molecular weight is 464 g/mol. The fraction of sp³-hybridized carbons (Fsp3) is 0.259. The predicted molar refractivity (Wildman–Crippen MR) is 128 cm³/mol. The summed E-state index contributed by atoms with van der Waals surface area (Å²) in [4.78, 5) is 23.5. The number of aliphatic carboxylic acids is 1. The Kier molecular flexibility index (Phi) is 8.65. The normalized spacial score (nSPS) is 12.4. The summed E-state index contributed by atoms with van der Waals surface area (Å²) < 4.78 is 16.4. The van der Waals surface area contributed by atoms with E-state index in [0.717, 1.165) is 22.6 Å². The highest BCUT2D eigenvalue weighted by molar-refractivity contribution is 5.78. The van der Waals surface area contributed by atoms with Crippen LogP contribution >= 0.6 is 0 Å². The lowest BCUT2D eigenvalue weighted by molar-refractivity contribution is -0.159. The van der Waals surface area contributed by atoms with Gasteiger partial charge in [0.15, 0.2) is 12.2 Å². The first-order valence-corrected chi connectivity index (χ1v) is 11.0. The van der Waals surface area contributed by atoms with Crippen molar-refractivity contribution in [3.8, 4) is 17.2 Å². The van der Waals surface area contributed by atoms with Gasteiger partial charge in [0.1, 0.15) is 17.2 Å². The summed E-state index contributed by atoms with van der Waals surface area (Å²) in [6.45, 7) is 1.91. The Morgan fingerprint density at radius 3 is 2.06 bits per heavy atom. The zero-order valence-corrected chi connectivity index (χ0v) is 19.3. The molecular formula is C27H29NO6. The van der Waals surface area contributed by atoms with Gasteiger partial charge in [-0.25, -0.2) is 4.79 Å². The molecule has 0 heterocycles. The predicted octanol–water partition coefficient (Wildman–Crippen LogP) is 4.25. The summed E-state index contributed by atoms with van der Waals surface area (Å²) in [6, 6.07) is 24.3. The Hall–Kier alpha value is -3.84. The number of carbonyl (C=O) groups excluding carboxylic acids is 1. The molecule has 3 aromatic rings. The highest BCUT2D eigenvalue weighted by Crippen LogP contribution is 2.22. The summed E-state index contributed by atoms with van der Waals surface area (Å²) in [6.07, 6.45) is 0.910. The van der Waals surface area contributed by atoms with Crippen molar-refractivity contribution in [2.75, 3.05) is 20.3 Å². The Balaban J connectivity index is 1.38. The molecule has 0 saturated carbocycles. The molecule has 0 saturated heterocycles. The zero-order valence-electron chi connectivity index (χ0n) is 19.3. The highest BCUT2D eigenvalue weighted by atomic mass is 16.5. The number of rotatable bonds is 12. The summed E-state index contributed by atoms with van der Waals surface area (Å²) in [7, 11) is 1.37. The Morgan fingerprint density at radius 1 is 0.853 bits per heavy atom. The molecule has 2 N–H and O–H groups in total. The summed E-state index contributed by atoms with van der Waals surface area (Å²) in [5.74, 6) is 0.829. The molecule has 178 valence electrons. The van der Waals surface area contributed by atoms with E-state index < -0.39 is 11.6 Å². The molecule has 1 unspecified atom stereocenters. The second kappa shape index (κ2) is 11.9. The summed E-state index contributed by atoms with van der Waals surface area (Å²) in [5, 5.41) is 12.1. The van der Waals surface area contributed by atoms with Crippen LogP contribution < -0.4 is 14.8 Å². The first-order valence-electron chi connectivity index (χ1n) is 11.0. The first-order chi connectivity index (χ1) is 16.4. The van der Waals surface area contributed by atoms with Gasteiger partial charge in [-0.1, -0.05) is 42.5 Å². The number of hydrogen-bond donors (Lipinski definition) is 2. The summed E-state index contributed by atoms with van der Waals surface area (Å²) in [5.41, 5.74) is 0.586. The number of para-hydroxylation sites is 1. The van der Waals surface area contributed by atoms with Gasteiger partial charge >= 0.3 is 5.97 Å². The van der Waals surface area contributed by atoms with E-state index in [2.05, 4.69) is 5.32 Å². The molecule has 3 rings (SSSR count). The monoisotopic (exact) mass is 463 g/mol. The number of benzene rings is 3. The van der Waals surface area contributed by atoms with Crippen molar-refractivity contribution >= 4 is 11.9 Å². The number of ether oxygens (including phenoxy) is 3. The smallest absolute Gasteiger partial charge is 0.336 e. The molecule has 0 spiro atoms. The molecule has 34 heavy (non-hydrogen) atoms. The Bertz CT molecular complexity index is 1070. The van der Waals surface area contributed by atoms with Crippen LogP contribution in [0.1, 0.15) is 18.1 Å². The Labute approximate surface area is 199 Å². The molecular weight excluding hydrogens is 434 g/mol. The number of carboxylic acids is 1. The summed E-state index contributed by atoms with van der Waals surface area (Å²) >= 11 is 0. The minimum atomic E-state index is -1.29. The van der Waals surface area contributed by atoms with E-state index in [4.69, 9.17) is 14.2 Å². The van der Waals surface area contributed by atoms with Crippen LogP contribution in [0.2, 0.25) is 0 Å². The maximum atomic E-state index is 12.1. The van der Waals surface area contributed by atoms with Crippen LogP contribution in [0.25, 0.3) is 0 Å². The van der Waals surface area contributed by atoms with Gasteiger partial charge in [-0.2, -0.15) is 0 Å². The van der Waals surface area contributed by atoms with Crippen LogP contribution in [-0.2, 0) is 27.2 Å². The quantitative estimate of drug-likeness (QED) is 0.417. The average Bonchev–Trinajstić information content (AvgIpc) is 2.85. The second-order valence-corrected chi connectivity index (χ2v) is 8.01. The molecule has 0 aliphatic rings. The molecule has 0 aliphatic carbocycles. The van der Waals surface area contributed by atoms with Gasteiger partial charge in [0.05, 0.1) is 0 Å². The zero-order chi connectivity index (χ0) is 24.4. The second-order valence-electron chi connectivity index (χ2n) is 8.01. The third-order valence-corrected chi connectivity index (χ3v) is 5.38. The molecule has 3 aromatic carbocycles. The molecule has 7 nitrogen and oxygen atoms in total. The van der Waals surface area contributed by atoms with Crippen molar-refractivity contribution in [1.29, 1.82) is 0 Å². The first kappa shape index (κ1) is 24.8. The van der Waals surface area contributed by atoms with Gasteiger partial charge in [-0.3, -0.25) is 4.79 Å². The third kappa shape index (κ3) is 7.35. The number of carbonyl (C=O) groups is 2. The lowest BCUT2D eigenvalue weighted by atomic mass is 9.96. The molecule has 0 aromatic heterocycles. The fourth-order valence-corrected chi connectivity index (χ4v) is 3.22. The molecule has 0 radical (unpaired) electrons. The largest absolute Gasteiger partial charge is 0.484 e. The number of amides is 1. The van der Waals surface area contributed by atoms with E-state index in [1.165, 1.54) is 14.0 Å². The molecule has 7 heteroatoms. The Morgan fingerprint density at radius 2 is 1.44 bits per heavy atom. The van der Waals surface area contributed by atoms with Gasteiger partial charge in [0.25, 0.3) is 5.91 Å². The number of carboxylic acid groups (broad SMARTS) is 1. The van der Waals surface area contributed by atoms with Crippen LogP contribution in [0.4, 0.5) is 0 Å². The van der Waals surface area contributed by atoms with Crippen LogP contribution in [0.15, 0.2) is 78.9 Å². The van der Waals surface area contributed by atoms with Crippen molar-refractivity contribution in [2.24, 2.45) is 0 Å². The van der Waals surface area contributed by atoms with Crippen molar-refractivity contribution in [3.05, 3.63) is 90.0 Å². The van der Waals surface area contributed by atoms with Crippen LogP contribution in [0, 0.1) is 0 Å². The van der Waals surface area contributed by atoms with E-state index in [-0.39, 0.29) is 18.9 Å². The maximum absolute atomic E-state index is 12.1. The molecule has 1 atom stereocenters. The van der Waals surface area contributed by atoms with Crippen molar-refractivity contribution in [3.63, 3.8) is 0 Å². The minimum Gasteiger partial charge on any atom is -0.484 e. The molecule has 0 bridgehead atoms. The number of hydrogen-bond acceptors (Lipinski definition) is 5. The molecule has 0 aliphatic heterocycles. The standard InChI is InChI=1S/C27H29NO6/c1-27(32-2,26(30)31)18-21-10-12-22(13-11-21)33-19-25(29)28-17-16-20-8-14-24(15-9-20)34-23-6-4-3-5-7-23/h3-15H,16-19H2,1-2H3,(H,28,29)(H,30,31). The molecule has 0 fully saturated rings. The van der Waals surface area contributed by atoms with Gasteiger partial charge in [-0.15, -0.1) is 0 Å². The van der Waals surface area contributed by atoms with E-state index in [0.29, 0.717) is 18.7 Å². The van der Waals surface area contributed by atoms with Gasteiger partial charge < -0.3 is 24.6 Å². The minimum absolute atomic E-state index is 0.103. The molecule has 1 amide bonds. The SMILES string of the molecule is COC(C)(Cc1ccc(OCC(=O)NCCc2ccc(Oc3ccccc3)cc2)cc1)C(=O)O. The van der Waals surface area contributed by atoms with Crippen LogP contribution in [0.3, 0.4) is 0 Å². The van der Waals surface area contributed by atoms with Crippen molar-refractivity contribution in [2.45, 2.75) is 25.4 Å². The number of methoxy groups -OCH3 is 1. The van der Waals surface area contributed by atoms with Gasteiger partial charge in [-0.05, 0) is 60.9 Å². The highest BCUT2D eigenvalue weighted by Gasteiger charge is 2.33. The van der Waals surface area contributed by atoms with Gasteiger partial charge in [0, 0.05) is 20.1 Å². The van der Waals surface area contributed by atoms with E-state index in [1.807, 2.05) is 54.6 Å². The van der Waals surface area contributed by atoms with Crippen molar-refractivity contribution < 1.29 is 28.9 Å². The third-order valence-electron chi connectivity index (χ3n) is 5.38. The van der Waals surface area contributed by atoms with Crippen LogP contribution in [0.5, 0.6) is 17.2 Å². The topological polar surface area (TPSA) is 94.1 Å². The van der Waals surface area contributed by atoms with Gasteiger partial charge in [0.2, 0.25) is 0 Å². The maximum Gasteiger partial charge on any atom is 0.336 e. The van der Waals surface area contributed by atoms with Crippen LogP contribution in [-0.4, -0.2) is 42.8 Å². The lowest BCUT2D eigenvalue weighted by Gasteiger charge is -2.23.